The van der Waals surface area contributed by atoms with Gasteiger partial charge in [-0.15, -0.1) is 0 Å². The Morgan fingerprint density at radius 1 is 1.29 bits per heavy atom. The molecule has 1 rings (SSSR count). The molecule has 2 N–H and O–H groups in total. The highest BCUT2D eigenvalue weighted by Crippen LogP contribution is 2.46. The molecule has 0 radical (unpaired) electrons. The molecular formula is C10H17NO3. The van der Waals surface area contributed by atoms with Crippen molar-refractivity contribution in [3.63, 3.8) is 0 Å². The van der Waals surface area contributed by atoms with Crippen LogP contribution in [0, 0.1) is 11.3 Å². The van der Waals surface area contributed by atoms with Gasteiger partial charge in [-0.25, -0.2) is 0 Å². The standard InChI is InChI=1S/C10H17NO3/c1-6(2)7(3)11-8(12)10(4-5-10)9(13)14/h6-7H,4-5H2,1-3H3,(H,11,12)(H,13,14). The van der Waals surface area contributed by atoms with Gasteiger partial charge in [0.25, 0.3) is 0 Å². The van der Waals surface area contributed by atoms with Crippen LogP contribution in [0.25, 0.3) is 0 Å². The van der Waals surface area contributed by atoms with Gasteiger partial charge in [0.15, 0.2) is 0 Å². The van der Waals surface area contributed by atoms with E-state index < -0.39 is 11.4 Å². The molecule has 80 valence electrons. The highest BCUT2D eigenvalue weighted by atomic mass is 16.4. The summed E-state index contributed by atoms with van der Waals surface area (Å²) in [4.78, 5) is 22.4. The maximum atomic E-state index is 11.6. The van der Waals surface area contributed by atoms with Crippen LogP contribution in [0.4, 0.5) is 0 Å². The number of aliphatic carboxylic acids is 1. The molecule has 0 aliphatic heterocycles. The van der Waals surface area contributed by atoms with Crippen molar-refractivity contribution in [1.29, 1.82) is 0 Å². The summed E-state index contributed by atoms with van der Waals surface area (Å²) in [5.41, 5.74) is -1.11. The number of carbonyl (C=O) groups excluding carboxylic acids is 1. The van der Waals surface area contributed by atoms with Gasteiger partial charge >= 0.3 is 5.97 Å². The van der Waals surface area contributed by atoms with E-state index in [1.807, 2.05) is 20.8 Å². The van der Waals surface area contributed by atoms with Gasteiger partial charge in [-0.2, -0.15) is 0 Å². The molecule has 0 saturated heterocycles. The van der Waals surface area contributed by atoms with Crippen molar-refractivity contribution in [3.05, 3.63) is 0 Å². The number of carbonyl (C=O) groups is 2. The number of hydrogen-bond donors (Lipinski definition) is 2. The Morgan fingerprint density at radius 3 is 2.07 bits per heavy atom. The lowest BCUT2D eigenvalue weighted by Crippen LogP contribution is -2.43. The SMILES string of the molecule is CC(C)C(C)NC(=O)C1(C(=O)O)CC1. The normalized spacial score (nSPS) is 20.3. The molecule has 1 unspecified atom stereocenters. The third-order valence-electron chi connectivity index (χ3n) is 2.95. The first-order valence-electron chi connectivity index (χ1n) is 4.94. The Labute approximate surface area is 83.7 Å². The third-order valence-corrected chi connectivity index (χ3v) is 2.95. The van der Waals surface area contributed by atoms with E-state index in [9.17, 15) is 9.59 Å². The molecule has 0 aromatic carbocycles. The van der Waals surface area contributed by atoms with Crippen LogP contribution in [-0.2, 0) is 9.59 Å². The van der Waals surface area contributed by atoms with Crippen LogP contribution in [0.2, 0.25) is 0 Å². The summed E-state index contributed by atoms with van der Waals surface area (Å²) in [5.74, 6) is -0.999. The summed E-state index contributed by atoms with van der Waals surface area (Å²) in [6.45, 7) is 5.87. The number of amides is 1. The van der Waals surface area contributed by atoms with Crippen LogP contribution < -0.4 is 5.32 Å². The first-order valence-corrected chi connectivity index (χ1v) is 4.94. The zero-order valence-electron chi connectivity index (χ0n) is 8.83. The van der Waals surface area contributed by atoms with Gasteiger partial charge < -0.3 is 10.4 Å². The number of hydrogen-bond acceptors (Lipinski definition) is 2. The Morgan fingerprint density at radius 2 is 1.79 bits per heavy atom. The molecule has 0 bridgehead atoms. The molecule has 1 fully saturated rings. The second kappa shape index (κ2) is 3.59. The van der Waals surface area contributed by atoms with Crippen molar-refractivity contribution in [2.45, 2.75) is 39.7 Å². The van der Waals surface area contributed by atoms with E-state index in [-0.39, 0.29) is 11.9 Å². The number of carboxylic acid groups (broad SMARTS) is 1. The predicted molar refractivity (Wildman–Crippen MR) is 51.7 cm³/mol. The highest BCUT2D eigenvalue weighted by molar-refractivity contribution is 6.04. The van der Waals surface area contributed by atoms with E-state index in [1.54, 1.807) is 0 Å². The van der Waals surface area contributed by atoms with Gasteiger partial charge in [0, 0.05) is 6.04 Å². The van der Waals surface area contributed by atoms with Gasteiger partial charge in [0.2, 0.25) is 5.91 Å². The summed E-state index contributed by atoms with van der Waals surface area (Å²) >= 11 is 0. The molecule has 1 amide bonds. The molecule has 0 spiro atoms. The second-order valence-electron chi connectivity index (χ2n) is 4.39. The molecule has 0 aromatic heterocycles. The molecular weight excluding hydrogens is 182 g/mol. The largest absolute Gasteiger partial charge is 0.480 e. The molecule has 0 aromatic rings. The average Bonchev–Trinajstić information content (AvgIpc) is 2.83. The summed E-state index contributed by atoms with van der Waals surface area (Å²) in [6.07, 6.45) is 0.942. The number of rotatable bonds is 4. The molecule has 14 heavy (non-hydrogen) atoms. The fourth-order valence-corrected chi connectivity index (χ4v) is 1.17. The highest BCUT2D eigenvalue weighted by Gasteiger charge is 2.57. The van der Waals surface area contributed by atoms with Crippen LogP contribution in [0.5, 0.6) is 0 Å². The zero-order valence-corrected chi connectivity index (χ0v) is 8.83. The first kappa shape index (κ1) is 11.0. The minimum atomic E-state index is -1.11. The van der Waals surface area contributed by atoms with Gasteiger partial charge in [-0.3, -0.25) is 9.59 Å². The molecule has 1 atom stereocenters. The lowest BCUT2D eigenvalue weighted by Gasteiger charge is -2.19. The van der Waals surface area contributed by atoms with Crippen LogP contribution in [0.1, 0.15) is 33.6 Å². The summed E-state index contributed by atoms with van der Waals surface area (Å²) in [5, 5.41) is 11.6. The third kappa shape index (κ3) is 1.89. The van der Waals surface area contributed by atoms with Gasteiger partial charge in [-0.05, 0) is 25.7 Å². The summed E-state index contributed by atoms with van der Waals surface area (Å²) < 4.78 is 0. The second-order valence-corrected chi connectivity index (χ2v) is 4.39. The molecule has 1 aliphatic carbocycles. The van der Waals surface area contributed by atoms with Crippen molar-refractivity contribution < 1.29 is 14.7 Å². The average molecular weight is 199 g/mol. The number of nitrogens with one attached hydrogen (secondary N) is 1. The molecule has 1 aliphatic rings. The molecule has 4 nitrogen and oxygen atoms in total. The van der Waals surface area contributed by atoms with Crippen molar-refractivity contribution in [3.8, 4) is 0 Å². The van der Waals surface area contributed by atoms with E-state index in [2.05, 4.69) is 5.32 Å². The maximum Gasteiger partial charge on any atom is 0.319 e. The van der Waals surface area contributed by atoms with Crippen LogP contribution in [-0.4, -0.2) is 23.0 Å². The fraction of sp³-hybridized carbons (Fsp3) is 0.800. The molecule has 0 heterocycles. The van der Waals surface area contributed by atoms with Crippen LogP contribution >= 0.6 is 0 Å². The Hall–Kier alpha value is -1.06. The lowest BCUT2D eigenvalue weighted by atomic mass is 10.0. The molecule has 4 heteroatoms. The van der Waals surface area contributed by atoms with Crippen LogP contribution in [0.15, 0.2) is 0 Å². The van der Waals surface area contributed by atoms with E-state index in [1.165, 1.54) is 0 Å². The topological polar surface area (TPSA) is 66.4 Å². The predicted octanol–water partition coefficient (Wildman–Crippen LogP) is 1.01. The van der Waals surface area contributed by atoms with E-state index >= 15 is 0 Å². The quantitative estimate of drug-likeness (QED) is 0.664. The molecule has 1 saturated carbocycles. The van der Waals surface area contributed by atoms with Crippen molar-refractivity contribution in [2.24, 2.45) is 11.3 Å². The van der Waals surface area contributed by atoms with E-state index in [0.29, 0.717) is 18.8 Å². The van der Waals surface area contributed by atoms with Gasteiger partial charge in [0.05, 0.1) is 0 Å². The number of carboxylic acids is 1. The Balaban J connectivity index is 2.55. The lowest BCUT2D eigenvalue weighted by molar-refractivity contribution is -0.149. The minimum absolute atomic E-state index is 0.0272. The monoisotopic (exact) mass is 199 g/mol. The van der Waals surface area contributed by atoms with Crippen molar-refractivity contribution in [2.75, 3.05) is 0 Å². The van der Waals surface area contributed by atoms with Crippen molar-refractivity contribution in [1.82, 2.24) is 5.32 Å². The maximum absolute atomic E-state index is 11.6. The van der Waals surface area contributed by atoms with Crippen molar-refractivity contribution >= 4 is 11.9 Å². The fourth-order valence-electron chi connectivity index (χ4n) is 1.17. The smallest absolute Gasteiger partial charge is 0.319 e. The summed E-state index contributed by atoms with van der Waals surface area (Å²) in [6, 6.07) is 0.0272. The zero-order chi connectivity index (χ0) is 10.9. The van der Waals surface area contributed by atoms with Gasteiger partial charge in [-0.1, -0.05) is 13.8 Å². The minimum Gasteiger partial charge on any atom is -0.480 e. The van der Waals surface area contributed by atoms with E-state index in [0.717, 1.165) is 0 Å². The van der Waals surface area contributed by atoms with Gasteiger partial charge in [0.1, 0.15) is 5.41 Å². The first-order chi connectivity index (χ1) is 6.40. The summed E-state index contributed by atoms with van der Waals surface area (Å²) in [7, 11) is 0. The van der Waals surface area contributed by atoms with E-state index in [4.69, 9.17) is 5.11 Å². The Kier molecular flexibility index (Phi) is 2.83. The Bertz CT molecular complexity index is 256. The van der Waals surface area contributed by atoms with Crippen LogP contribution in [0.3, 0.4) is 0 Å².